The first-order valence-electron chi connectivity index (χ1n) is 4.35. The normalized spacial score (nSPS) is 10.0. The Balaban J connectivity index is 1.79. The van der Waals surface area contributed by atoms with E-state index in [2.05, 4.69) is 20.5 Å². The Morgan fingerprint density at radius 2 is 2.36 bits per heavy atom. The quantitative estimate of drug-likeness (QED) is 0.782. The van der Waals surface area contributed by atoms with E-state index in [1.165, 1.54) is 6.39 Å². The van der Waals surface area contributed by atoms with E-state index in [1.54, 1.807) is 6.20 Å². The molecule has 0 aliphatic heterocycles. The van der Waals surface area contributed by atoms with Crippen LogP contribution in [0.4, 0.5) is 6.01 Å². The van der Waals surface area contributed by atoms with E-state index in [4.69, 9.17) is 4.42 Å². The molecule has 72 valence electrons. The number of hydrogen-bond acceptors (Lipinski definition) is 5. The van der Waals surface area contributed by atoms with Gasteiger partial charge in [-0.15, -0.1) is 5.10 Å². The smallest absolute Gasteiger partial charge is 0.315 e. The highest BCUT2D eigenvalue weighted by Crippen LogP contribution is 1.99. The number of anilines is 1. The summed E-state index contributed by atoms with van der Waals surface area (Å²) in [6.45, 7) is 0.735. The van der Waals surface area contributed by atoms with Gasteiger partial charge in [0, 0.05) is 24.9 Å². The lowest BCUT2D eigenvalue weighted by molar-refractivity contribution is 0.565. The fraction of sp³-hybridized carbons (Fsp3) is 0.222. The predicted octanol–water partition coefficient (Wildman–Crippen LogP) is 1.12. The Bertz CT molecular complexity index is 360. The molecular weight excluding hydrogens is 180 g/mol. The first kappa shape index (κ1) is 8.68. The van der Waals surface area contributed by atoms with Crippen molar-refractivity contribution in [2.24, 2.45) is 0 Å². The van der Waals surface area contributed by atoms with Crippen molar-refractivity contribution in [3.63, 3.8) is 0 Å². The molecule has 0 aromatic carbocycles. The summed E-state index contributed by atoms with van der Waals surface area (Å²) in [5.74, 6) is 0. The minimum absolute atomic E-state index is 0.445. The van der Waals surface area contributed by atoms with Crippen LogP contribution in [0.3, 0.4) is 0 Å². The van der Waals surface area contributed by atoms with Gasteiger partial charge in [-0.2, -0.15) is 0 Å². The maximum atomic E-state index is 4.92. The molecular formula is C9H10N4O. The fourth-order valence-electron chi connectivity index (χ4n) is 1.09. The lowest BCUT2D eigenvalue weighted by Crippen LogP contribution is -2.05. The number of aromatic nitrogens is 3. The summed E-state index contributed by atoms with van der Waals surface area (Å²) in [7, 11) is 0. The second kappa shape index (κ2) is 4.36. The molecule has 0 radical (unpaired) electrons. The van der Waals surface area contributed by atoms with Crippen LogP contribution in [0.2, 0.25) is 0 Å². The Morgan fingerprint density at radius 1 is 1.36 bits per heavy atom. The lowest BCUT2D eigenvalue weighted by atomic mass is 10.3. The van der Waals surface area contributed by atoms with Crippen molar-refractivity contribution in [3.05, 3.63) is 36.5 Å². The highest BCUT2D eigenvalue weighted by Gasteiger charge is 1.97. The van der Waals surface area contributed by atoms with Gasteiger partial charge >= 0.3 is 6.01 Å². The number of nitrogens with one attached hydrogen (secondary N) is 1. The van der Waals surface area contributed by atoms with Gasteiger partial charge in [-0.1, -0.05) is 11.2 Å². The molecule has 0 spiro atoms. The molecule has 0 saturated heterocycles. The molecule has 0 unspecified atom stereocenters. The molecule has 5 nitrogen and oxygen atoms in total. The molecule has 0 fully saturated rings. The molecule has 5 heteroatoms. The maximum Gasteiger partial charge on any atom is 0.315 e. The third kappa shape index (κ3) is 2.29. The predicted molar refractivity (Wildman–Crippen MR) is 50.7 cm³/mol. The summed E-state index contributed by atoms with van der Waals surface area (Å²) in [6.07, 6.45) is 3.91. The third-order valence-corrected chi connectivity index (χ3v) is 1.74. The van der Waals surface area contributed by atoms with Crippen molar-refractivity contribution in [1.82, 2.24) is 15.2 Å². The highest BCUT2D eigenvalue weighted by molar-refractivity contribution is 5.16. The Hall–Kier alpha value is -1.91. The van der Waals surface area contributed by atoms with Crippen LogP contribution in [0.15, 0.2) is 35.2 Å². The van der Waals surface area contributed by atoms with Gasteiger partial charge in [-0.05, 0) is 12.1 Å². The standard InChI is InChI=1S/C9H10N4O/c1-2-5-10-8(3-1)4-6-11-9-13-12-7-14-9/h1-3,5,7H,4,6H2,(H,11,13). The van der Waals surface area contributed by atoms with Gasteiger partial charge in [0.25, 0.3) is 0 Å². The van der Waals surface area contributed by atoms with Crippen LogP contribution in [-0.4, -0.2) is 21.7 Å². The second-order valence-corrected chi connectivity index (χ2v) is 2.74. The average Bonchev–Trinajstić information content (AvgIpc) is 2.72. The molecule has 0 aliphatic carbocycles. The third-order valence-electron chi connectivity index (χ3n) is 1.74. The van der Waals surface area contributed by atoms with E-state index in [0.717, 1.165) is 18.7 Å². The fourth-order valence-corrected chi connectivity index (χ4v) is 1.09. The van der Waals surface area contributed by atoms with Crippen molar-refractivity contribution >= 4 is 6.01 Å². The summed E-state index contributed by atoms with van der Waals surface area (Å²) in [6, 6.07) is 6.29. The molecule has 0 bridgehead atoms. The Labute approximate surface area is 81.2 Å². The zero-order valence-electron chi connectivity index (χ0n) is 7.55. The molecule has 2 aromatic heterocycles. The van der Waals surface area contributed by atoms with Crippen molar-refractivity contribution < 1.29 is 4.42 Å². The van der Waals surface area contributed by atoms with Gasteiger partial charge in [-0.25, -0.2) is 0 Å². The van der Waals surface area contributed by atoms with E-state index < -0.39 is 0 Å². The second-order valence-electron chi connectivity index (χ2n) is 2.74. The van der Waals surface area contributed by atoms with Crippen molar-refractivity contribution in [2.45, 2.75) is 6.42 Å². The van der Waals surface area contributed by atoms with Crippen LogP contribution in [-0.2, 0) is 6.42 Å². The van der Waals surface area contributed by atoms with Crippen LogP contribution >= 0.6 is 0 Å². The molecule has 0 aliphatic rings. The van der Waals surface area contributed by atoms with E-state index in [1.807, 2.05) is 18.2 Å². The van der Waals surface area contributed by atoms with Crippen LogP contribution in [0.25, 0.3) is 0 Å². The topological polar surface area (TPSA) is 63.8 Å². The van der Waals surface area contributed by atoms with Crippen LogP contribution in [0.5, 0.6) is 0 Å². The monoisotopic (exact) mass is 190 g/mol. The summed E-state index contributed by atoms with van der Waals surface area (Å²) in [5.41, 5.74) is 1.04. The zero-order valence-corrected chi connectivity index (χ0v) is 7.55. The highest BCUT2D eigenvalue weighted by atomic mass is 16.4. The van der Waals surface area contributed by atoms with Crippen molar-refractivity contribution in [1.29, 1.82) is 0 Å². The SMILES string of the molecule is c1ccc(CCNc2nnco2)nc1. The van der Waals surface area contributed by atoms with E-state index >= 15 is 0 Å². The molecule has 0 saturated carbocycles. The van der Waals surface area contributed by atoms with Crippen molar-refractivity contribution in [3.8, 4) is 0 Å². The van der Waals surface area contributed by atoms with Crippen LogP contribution in [0, 0.1) is 0 Å². The molecule has 2 heterocycles. The lowest BCUT2D eigenvalue weighted by Gasteiger charge is -1.99. The summed E-state index contributed by atoms with van der Waals surface area (Å²) >= 11 is 0. The molecule has 2 aromatic rings. The minimum atomic E-state index is 0.445. The van der Waals surface area contributed by atoms with Gasteiger partial charge in [0.1, 0.15) is 0 Å². The van der Waals surface area contributed by atoms with E-state index in [0.29, 0.717) is 6.01 Å². The van der Waals surface area contributed by atoms with Gasteiger partial charge < -0.3 is 9.73 Å². The number of rotatable bonds is 4. The number of pyridine rings is 1. The van der Waals surface area contributed by atoms with Crippen LogP contribution < -0.4 is 5.32 Å². The molecule has 14 heavy (non-hydrogen) atoms. The first-order chi connectivity index (χ1) is 6.95. The van der Waals surface area contributed by atoms with Gasteiger partial charge in [0.15, 0.2) is 0 Å². The zero-order chi connectivity index (χ0) is 9.64. The first-order valence-corrected chi connectivity index (χ1v) is 4.35. The summed E-state index contributed by atoms with van der Waals surface area (Å²) in [4.78, 5) is 4.19. The van der Waals surface area contributed by atoms with Gasteiger partial charge in [0.05, 0.1) is 0 Å². The van der Waals surface area contributed by atoms with E-state index in [9.17, 15) is 0 Å². The van der Waals surface area contributed by atoms with Crippen molar-refractivity contribution in [2.75, 3.05) is 11.9 Å². The molecule has 1 N–H and O–H groups in total. The Kier molecular flexibility index (Phi) is 2.70. The van der Waals surface area contributed by atoms with E-state index in [-0.39, 0.29) is 0 Å². The van der Waals surface area contributed by atoms with Gasteiger partial charge in [-0.3, -0.25) is 4.98 Å². The largest absolute Gasteiger partial charge is 0.411 e. The number of nitrogens with zero attached hydrogens (tertiary/aromatic N) is 3. The molecule has 0 amide bonds. The average molecular weight is 190 g/mol. The molecule has 0 atom stereocenters. The van der Waals surface area contributed by atoms with Crippen LogP contribution in [0.1, 0.15) is 5.69 Å². The minimum Gasteiger partial charge on any atom is -0.411 e. The number of hydrogen-bond donors (Lipinski definition) is 1. The maximum absolute atomic E-state index is 4.92. The Morgan fingerprint density at radius 3 is 3.07 bits per heavy atom. The summed E-state index contributed by atoms with van der Waals surface area (Å²) < 4.78 is 4.92. The summed E-state index contributed by atoms with van der Waals surface area (Å²) in [5, 5.41) is 10.2. The molecule has 2 rings (SSSR count). The van der Waals surface area contributed by atoms with Gasteiger partial charge in [0.2, 0.25) is 6.39 Å².